The minimum absolute atomic E-state index is 0.175. The van der Waals surface area contributed by atoms with E-state index in [9.17, 15) is 4.79 Å². The maximum Gasteiger partial charge on any atom is 0.289 e. The molecule has 1 heterocycles. The summed E-state index contributed by atoms with van der Waals surface area (Å²) in [6.07, 6.45) is 1.56. The highest BCUT2D eigenvalue weighted by Gasteiger charge is 2.21. The number of nitrogens with zero attached hydrogens (tertiary/aromatic N) is 1. The molecule has 0 fully saturated rings. The quantitative estimate of drug-likeness (QED) is 0.490. The summed E-state index contributed by atoms with van der Waals surface area (Å²) in [5, 5.41) is 0.601. The van der Waals surface area contributed by atoms with Crippen molar-refractivity contribution in [2.24, 2.45) is 0 Å². The summed E-state index contributed by atoms with van der Waals surface area (Å²) in [5.41, 5.74) is 1.71. The van der Waals surface area contributed by atoms with Crippen molar-refractivity contribution in [3.63, 3.8) is 0 Å². The van der Waals surface area contributed by atoms with Crippen LogP contribution in [0.1, 0.15) is 21.7 Å². The van der Waals surface area contributed by atoms with Crippen molar-refractivity contribution in [3.8, 4) is 5.75 Å². The number of furan rings is 1. The first kappa shape index (κ1) is 19.4. The van der Waals surface area contributed by atoms with Gasteiger partial charge in [-0.2, -0.15) is 0 Å². The van der Waals surface area contributed by atoms with Crippen LogP contribution in [0.15, 0.2) is 70.2 Å². The van der Waals surface area contributed by atoms with E-state index in [0.29, 0.717) is 28.8 Å². The second-order valence-electron chi connectivity index (χ2n) is 5.99. The number of methoxy groups -OCH3 is 1. The zero-order valence-corrected chi connectivity index (χ0v) is 16.7. The van der Waals surface area contributed by atoms with Crippen molar-refractivity contribution in [2.75, 3.05) is 14.2 Å². The normalized spacial score (nSPS) is 10.6. The number of rotatable bonds is 7. The van der Waals surface area contributed by atoms with Crippen LogP contribution in [0.2, 0.25) is 5.02 Å². The third-order valence-electron chi connectivity index (χ3n) is 4.08. The molecule has 0 aliphatic carbocycles. The summed E-state index contributed by atoms with van der Waals surface area (Å²) in [5.74, 6) is 1.54. The molecule has 1 amide bonds. The third-order valence-corrected chi connectivity index (χ3v) is 5.37. The smallest absolute Gasteiger partial charge is 0.289 e. The second kappa shape index (κ2) is 9.02. The van der Waals surface area contributed by atoms with Gasteiger partial charge in [0, 0.05) is 40.4 Å². The van der Waals surface area contributed by atoms with E-state index in [0.717, 1.165) is 16.0 Å². The molecule has 0 aliphatic rings. The van der Waals surface area contributed by atoms with Gasteiger partial charge in [0.1, 0.15) is 5.75 Å². The Morgan fingerprint density at radius 2 is 1.93 bits per heavy atom. The van der Waals surface area contributed by atoms with Gasteiger partial charge in [0.25, 0.3) is 5.91 Å². The molecule has 0 N–H and O–H groups in total. The molecule has 0 unspecified atom stereocenters. The highest BCUT2D eigenvalue weighted by atomic mass is 35.5. The van der Waals surface area contributed by atoms with Gasteiger partial charge in [0.2, 0.25) is 0 Å². The predicted molar refractivity (Wildman–Crippen MR) is 109 cm³/mol. The Kier molecular flexibility index (Phi) is 6.48. The lowest BCUT2D eigenvalue weighted by atomic mass is 10.1. The Morgan fingerprint density at radius 1 is 1.15 bits per heavy atom. The van der Waals surface area contributed by atoms with Crippen molar-refractivity contribution in [1.82, 2.24) is 4.90 Å². The Balaban J connectivity index is 1.71. The average molecular weight is 402 g/mol. The summed E-state index contributed by atoms with van der Waals surface area (Å²) in [6, 6.07) is 17.3. The summed E-state index contributed by atoms with van der Waals surface area (Å²) in [4.78, 5) is 15.6. The highest BCUT2D eigenvalue weighted by Crippen LogP contribution is 2.27. The fraction of sp³-hybridized carbons (Fsp3) is 0.190. The van der Waals surface area contributed by atoms with Crippen LogP contribution in [-0.2, 0) is 12.3 Å². The molecule has 3 rings (SSSR count). The number of carbonyl (C=O) groups is 1. The molecule has 0 radical (unpaired) electrons. The van der Waals surface area contributed by atoms with Crippen LogP contribution in [0.25, 0.3) is 0 Å². The fourth-order valence-corrected chi connectivity index (χ4v) is 3.78. The zero-order chi connectivity index (χ0) is 19.2. The van der Waals surface area contributed by atoms with Crippen molar-refractivity contribution >= 4 is 29.3 Å². The van der Waals surface area contributed by atoms with Crippen molar-refractivity contribution in [1.29, 1.82) is 0 Å². The van der Waals surface area contributed by atoms with Gasteiger partial charge in [-0.1, -0.05) is 29.8 Å². The van der Waals surface area contributed by atoms with E-state index < -0.39 is 0 Å². The molecule has 2 aromatic carbocycles. The number of ether oxygens (including phenoxy) is 1. The lowest BCUT2D eigenvalue weighted by Crippen LogP contribution is -2.26. The predicted octanol–water partition coefficient (Wildman–Crippen LogP) is 5.51. The standard InChI is InChI=1S/C21H20ClNO3S/c1-23(13-16-12-17(22)8-9-19(16)25-2)21(24)20-15(10-11-26-20)14-27-18-6-4-3-5-7-18/h3-12H,13-14H2,1-2H3. The Labute approximate surface area is 168 Å². The first-order chi connectivity index (χ1) is 13.1. The van der Waals surface area contributed by atoms with Gasteiger partial charge in [-0.25, -0.2) is 0 Å². The largest absolute Gasteiger partial charge is 0.496 e. The van der Waals surface area contributed by atoms with Crippen LogP contribution >= 0.6 is 23.4 Å². The minimum atomic E-state index is -0.175. The van der Waals surface area contributed by atoms with Crippen LogP contribution < -0.4 is 4.74 Å². The van der Waals surface area contributed by atoms with E-state index in [2.05, 4.69) is 0 Å². The summed E-state index contributed by atoms with van der Waals surface area (Å²) < 4.78 is 10.9. The summed E-state index contributed by atoms with van der Waals surface area (Å²) in [6.45, 7) is 0.370. The molecule has 27 heavy (non-hydrogen) atoms. The molecule has 0 aliphatic heterocycles. The van der Waals surface area contributed by atoms with Crippen molar-refractivity contribution in [3.05, 3.63) is 82.8 Å². The van der Waals surface area contributed by atoms with Crippen molar-refractivity contribution in [2.45, 2.75) is 17.2 Å². The van der Waals surface area contributed by atoms with Crippen LogP contribution in [0, 0.1) is 0 Å². The highest BCUT2D eigenvalue weighted by molar-refractivity contribution is 7.98. The van der Waals surface area contributed by atoms with E-state index in [4.69, 9.17) is 20.8 Å². The first-order valence-corrected chi connectivity index (χ1v) is 9.77. The van der Waals surface area contributed by atoms with Crippen LogP contribution in [-0.4, -0.2) is 25.0 Å². The van der Waals surface area contributed by atoms with Gasteiger partial charge >= 0.3 is 0 Å². The molecule has 3 aromatic rings. The molecular weight excluding hydrogens is 382 g/mol. The molecule has 0 atom stereocenters. The van der Waals surface area contributed by atoms with E-state index in [-0.39, 0.29) is 5.91 Å². The average Bonchev–Trinajstić information content (AvgIpc) is 3.15. The SMILES string of the molecule is COc1ccc(Cl)cc1CN(C)C(=O)c1occc1CSc1ccccc1. The molecule has 1 aromatic heterocycles. The number of benzene rings is 2. The topological polar surface area (TPSA) is 42.7 Å². The Bertz CT molecular complexity index is 911. The third kappa shape index (κ3) is 4.87. The van der Waals surface area contributed by atoms with E-state index >= 15 is 0 Å². The van der Waals surface area contributed by atoms with E-state index in [1.165, 1.54) is 0 Å². The fourth-order valence-electron chi connectivity index (χ4n) is 2.69. The number of halogens is 1. The molecule has 0 saturated carbocycles. The van der Waals surface area contributed by atoms with E-state index in [1.54, 1.807) is 55.3 Å². The van der Waals surface area contributed by atoms with Crippen molar-refractivity contribution < 1.29 is 13.9 Å². The van der Waals surface area contributed by atoms with Gasteiger partial charge in [-0.15, -0.1) is 11.8 Å². The molecule has 4 nitrogen and oxygen atoms in total. The Morgan fingerprint density at radius 3 is 2.67 bits per heavy atom. The first-order valence-electron chi connectivity index (χ1n) is 8.40. The lowest BCUT2D eigenvalue weighted by Gasteiger charge is -2.18. The zero-order valence-electron chi connectivity index (χ0n) is 15.1. The number of carbonyl (C=O) groups excluding carboxylic acids is 1. The van der Waals surface area contributed by atoms with Crippen LogP contribution in [0.5, 0.6) is 5.75 Å². The number of amides is 1. The number of hydrogen-bond donors (Lipinski definition) is 0. The number of hydrogen-bond acceptors (Lipinski definition) is 4. The van der Waals surface area contributed by atoms with Gasteiger partial charge in [-0.05, 0) is 36.4 Å². The molecular formula is C21H20ClNO3S. The monoisotopic (exact) mass is 401 g/mol. The van der Waals surface area contributed by atoms with Crippen LogP contribution in [0.4, 0.5) is 0 Å². The van der Waals surface area contributed by atoms with Gasteiger partial charge in [0.05, 0.1) is 13.4 Å². The summed E-state index contributed by atoms with van der Waals surface area (Å²) in [7, 11) is 3.33. The van der Waals surface area contributed by atoms with Gasteiger partial charge in [-0.3, -0.25) is 4.79 Å². The van der Waals surface area contributed by atoms with E-state index in [1.807, 2.05) is 36.4 Å². The second-order valence-corrected chi connectivity index (χ2v) is 7.48. The van der Waals surface area contributed by atoms with Gasteiger partial charge < -0.3 is 14.1 Å². The molecule has 0 bridgehead atoms. The maximum absolute atomic E-state index is 12.9. The number of thioether (sulfide) groups is 1. The molecule has 0 spiro atoms. The summed E-state index contributed by atoms with van der Waals surface area (Å²) >= 11 is 7.75. The molecule has 6 heteroatoms. The lowest BCUT2D eigenvalue weighted by molar-refractivity contribution is 0.0751. The maximum atomic E-state index is 12.9. The minimum Gasteiger partial charge on any atom is -0.496 e. The Hall–Kier alpha value is -2.37. The molecule has 0 saturated heterocycles. The van der Waals surface area contributed by atoms with Gasteiger partial charge in [0.15, 0.2) is 5.76 Å². The molecule has 140 valence electrons. The van der Waals surface area contributed by atoms with Crippen LogP contribution in [0.3, 0.4) is 0 Å².